The van der Waals surface area contributed by atoms with E-state index in [0.29, 0.717) is 22.2 Å². The van der Waals surface area contributed by atoms with Gasteiger partial charge in [0.25, 0.3) is 0 Å². The third-order valence-corrected chi connectivity index (χ3v) is 3.24. The van der Waals surface area contributed by atoms with E-state index >= 15 is 0 Å². The fraction of sp³-hybridized carbons (Fsp3) is 0.500. The van der Waals surface area contributed by atoms with Gasteiger partial charge in [-0.1, -0.05) is 32.4 Å². The van der Waals surface area contributed by atoms with Gasteiger partial charge in [0.1, 0.15) is 11.5 Å². The highest BCUT2D eigenvalue weighted by atomic mass is 35.5. The van der Waals surface area contributed by atoms with Crippen LogP contribution in [0.25, 0.3) is 0 Å². The van der Waals surface area contributed by atoms with Crippen molar-refractivity contribution in [2.24, 2.45) is 11.1 Å². The fourth-order valence-corrected chi connectivity index (χ4v) is 1.80. The number of ether oxygens (including phenoxy) is 2. The Morgan fingerprint density at radius 1 is 1.25 bits per heavy atom. The highest BCUT2D eigenvalue weighted by molar-refractivity contribution is 6.32. The summed E-state index contributed by atoms with van der Waals surface area (Å²) in [6.07, 6.45) is 0. The van der Waals surface area contributed by atoms with Crippen molar-refractivity contribution in [3.8, 4) is 11.5 Å². The molecule has 5 nitrogen and oxygen atoms in total. The Bertz CT molecular complexity index is 498. The van der Waals surface area contributed by atoms with Gasteiger partial charge in [0.05, 0.1) is 31.0 Å². The molecule has 20 heavy (non-hydrogen) atoms. The van der Waals surface area contributed by atoms with E-state index in [2.05, 4.69) is 5.32 Å². The largest absolute Gasteiger partial charge is 0.495 e. The number of rotatable bonds is 4. The summed E-state index contributed by atoms with van der Waals surface area (Å²) in [4.78, 5) is 12.1. The van der Waals surface area contributed by atoms with Crippen LogP contribution in [0.15, 0.2) is 12.1 Å². The summed E-state index contributed by atoms with van der Waals surface area (Å²) in [5, 5.41) is 3.11. The van der Waals surface area contributed by atoms with Gasteiger partial charge >= 0.3 is 0 Å². The fourth-order valence-electron chi connectivity index (χ4n) is 1.56. The smallest absolute Gasteiger partial charge is 0.241 e. The van der Waals surface area contributed by atoms with Crippen LogP contribution in [0.5, 0.6) is 11.5 Å². The predicted molar refractivity (Wildman–Crippen MR) is 80.6 cm³/mol. The number of nitrogens with two attached hydrogens (primary N) is 1. The third kappa shape index (κ3) is 3.77. The molecule has 112 valence electrons. The normalized spacial score (nSPS) is 12.8. The molecule has 1 aromatic carbocycles. The summed E-state index contributed by atoms with van der Waals surface area (Å²) >= 11 is 6.05. The average Bonchev–Trinajstić information content (AvgIpc) is 2.37. The second kappa shape index (κ2) is 6.33. The lowest BCUT2D eigenvalue weighted by molar-refractivity contribution is -0.119. The van der Waals surface area contributed by atoms with E-state index in [1.54, 1.807) is 12.1 Å². The van der Waals surface area contributed by atoms with Crippen molar-refractivity contribution in [3.05, 3.63) is 17.2 Å². The van der Waals surface area contributed by atoms with Gasteiger partial charge in [-0.2, -0.15) is 0 Å². The Kier molecular flexibility index (Phi) is 5.25. The third-order valence-electron chi connectivity index (χ3n) is 2.95. The Labute approximate surface area is 124 Å². The lowest BCUT2D eigenvalue weighted by Gasteiger charge is -2.26. The molecule has 1 rings (SSSR count). The molecule has 0 bridgehead atoms. The molecule has 0 aliphatic carbocycles. The molecule has 0 aliphatic heterocycles. The van der Waals surface area contributed by atoms with Gasteiger partial charge < -0.3 is 20.5 Å². The minimum Gasteiger partial charge on any atom is -0.495 e. The molecule has 0 fully saturated rings. The molecule has 0 radical (unpaired) electrons. The average molecular weight is 301 g/mol. The molecule has 6 heteroatoms. The van der Waals surface area contributed by atoms with E-state index in [1.165, 1.54) is 14.2 Å². The number of halogens is 1. The first-order valence-corrected chi connectivity index (χ1v) is 6.56. The van der Waals surface area contributed by atoms with E-state index < -0.39 is 6.04 Å². The Morgan fingerprint density at radius 3 is 2.25 bits per heavy atom. The quantitative estimate of drug-likeness (QED) is 0.896. The molecule has 0 heterocycles. The molecule has 0 saturated carbocycles. The second-order valence-electron chi connectivity index (χ2n) is 5.52. The number of anilines is 1. The van der Waals surface area contributed by atoms with Crippen LogP contribution in [0.3, 0.4) is 0 Å². The zero-order valence-corrected chi connectivity index (χ0v) is 13.2. The highest BCUT2D eigenvalue weighted by Gasteiger charge is 2.28. The van der Waals surface area contributed by atoms with Crippen LogP contribution in [-0.2, 0) is 4.79 Å². The van der Waals surface area contributed by atoms with Crippen molar-refractivity contribution in [3.63, 3.8) is 0 Å². The summed E-state index contributed by atoms with van der Waals surface area (Å²) < 4.78 is 10.3. The molecule has 0 aliphatic rings. The van der Waals surface area contributed by atoms with Crippen molar-refractivity contribution in [1.29, 1.82) is 0 Å². The van der Waals surface area contributed by atoms with E-state index in [4.69, 9.17) is 26.8 Å². The molecule has 3 N–H and O–H groups in total. The number of carbonyl (C=O) groups is 1. The van der Waals surface area contributed by atoms with Crippen LogP contribution in [0, 0.1) is 5.41 Å². The Morgan fingerprint density at radius 2 is 1.80 bits per heavy atom. The first-order chi connectivity index (χ1) is 9.20. The topological polar surface area (TPSA) is 73.6 Å². The van der Waals surface area contributed by atoms with Gasteiger partial charge in [0.2, 0.25) is 5.91 Å². The monoisotopic (exact) mass is 300 g/mol. The lowest BCUT2D eigenvalue weighted by Crippen LogP contribution is -2.45. The first-order valence-electron chi connectivity index (χ1n) is 6.18. The standard InChI is InChI=1S/C14H21ClN2O3/c1-14(2,3)12(16)13(18)17-9-6-8(15)10(19-4)7-11(9)20-5/h6-7,12H,16H2,1-5H3,(H,17,18). The van der Waals surface area contributed by atoms with Crippen molar-refractivity contribution < 1.29 is 14.3 Å². The van der Waals surface area contributed by atoms with Crippen molar-refractivity contribution in [2.75, 3.05) is 19.5 Å². The van der Waals surface area contributed by atoms with Crippen LogP contribution < -0.4 is 20.5 Å². The van der Waals surface area contributed by atoms with Crippen LogP contribution >= 0.6 is 11.6 Å². The lowest BCUT2D eigenvalue weighted by atomic mass is 9.87. The summed E-state index contributed by atoms with van der Waals surface area (Å²) in [6.45, 7) is 5.69. The molecular formula is C14H21ClN2O3. The maximum Gasteiger partial charge on any atom is 0.241 e. The molecule has 1 unspecified atom stereocenters. The number of nitrogens with one attached hydrogen (secondary N) is 1. The molecule has 1 atom stereocenters. The Hall–Kier alpha value is -1.46. The second-order valence-corrected chi connectivity index (χ2v) is 5.93. The SMILES string of the molecule is COc1cc(OC)c(NC(=O)C(N)C(C)(C)C)cc1Cl. The predicted octanol–water partition coefficient (Wildman–Crippen LogP) is 2.67. The van der Waals surface area contributed by atoms with Gasteiger partial charge in [-0.15, -0.1) is 0 Å². The maximum atomic E-state index is 12.1. The number of benzene rings is 1. The van der Waals surface area contributed by atoms with E-state index in [1.807, 2.05) is 20.8 Å². The van der Waals surface area contributed by atoms with Crippen LogP contribution in [0.2, 0.25) is 5.02 Å². The molecule has 1 aromatic rings. The number of carbonyl (C=O) groups excluding carboxylic acids is 1. The molecular weight excluding hydrogens is 280 g/mol. The van der Waals surface area contributed by atoms with Crippen LogP contribution in [-0.4, -0.2) is 26.2 Å². The zero-order valence-electron chi connectivity index (χ0n) is 12.4. The molecule has 0 aromatic heterocycles. The van der Waals surface area contributed by atoms with Crippen LogP contribution in [0.4, 0.5) is 5.69 Å². The number of amides is 1. The van der Waals surface area contributed by atoms with Gasteiger partial charge in [0, 0.05) is 6.07 Å². The van der Waals surface area contributed by atoms with Gasteiger partial charge in [-0.3, -0.25) is 4.79 Å². The van der Waals surface area contributed by atoms with Crippen LogP contribution in [0.1, 0.15) is 20.8 Å². The Balaban J connectivity index is 3.03. The molecule has 0 saturated heterocycles. The van der Waals surface area contributed by atoms with Gasteiger partial charge in [-0.05, 0) is 11.5 Å². The summed E-state index contributed by atoms with van der Waals surface area (Å²) in [5.41, 5.74) is 6.04. The van der Waals surface area contributed by atoms with E-state index in [-0.39, 0.29) is 11.3 Å². The number of methoxy groups -OCH3 is 2. The van der Waals surface area contributed by atoms with Gasteiger partial charge in [0.15, 0.2) is 0 Å². The first kappa shape index (κ1) is 16.6. The van der Waals surface area contributed by atoms with E-state index in [0.717, 1.165) is 0 Å². The van der Waals surface area contributed by atoms with Crippen molar-refractivity contribution >= 4 is 23.2 Å². The van der Waals surface area contributed by atoms with Crippen molar-refractivity contribution in [1.82, 2.24) is 0 Å². The maximum absolute atomic E-state index is 12.1. The number of hydrogen-bond donors (Lipinski definition) is 2. The molecule has 1 amide bonds. The van der Waals surface area contributed by atoms with Crippen molar-refractivity contribution in [2.45, 2.75) is 26.8 Å². The minimum atomic E-state index is -0.645. The molecule has 0 spiro atoms. The minimum absolute atomic E-state index is 0.294. The number of hydrogen-bond acceptors (Lipinski definition) is 4. The summed E-state index contributed by atoms with van der Waals surface area (Å²) in [7, 11) is 3.01. The summed E-state index contributed by atoms with van der Waals surface area (Å²) in [5.74, 6) is 0.638. The summed E-state index contributed by atoms with van der Waals surface area (Å²) in [6, 6.07) is 2.54. The van der Waals surface area contributed by atoms with E-state index in [9.17, 15) is 4.79 Å². The van der Waals surface area contributed by atoms with Gasteiger partial charge in [-0.25, -0.2) is 0 Å². The zero-order chi connectivity index (χ0) is 15.5. The highest BCUT2D eigenvalue weighted by Crippen LogP contribution is 2.36.